The lowest BCUT2D eigenvalue weighted by molar-refractivity contribution is 0.359. The minimum absolute atomic E-state index is 0.184. The predicted octanol–water partition coefficient (Wildman–Crippen LogP) is 6.02. The van der Waals surface area contributed by atoms with E-state index in [1.807, 2.05) is 0 Å². The van der Waals surface area contributed by atoms with Gasteiger partial charge in [-0.05, 0) is 27.3 Å². The highest BCUT2D eigenvalue weighted by atomic mass is 14.3. The first-order valence-corrected chi connectivity index (χ1v) is 7.59. The van der Waals surface area contributed by atoms with E-state index in [1.165, 1.54) is 21.9 Å². The third-order valence-electron chi connectivity index (χ3n) is 4.11. The van der Waals surface area contributed by atoms with E-state index in [0.717, 1.165) is 0 Å². The van der Waals surface area contributed by atoms with Crippen molar-refractivity contribution in [2.75, 3.05) is 0 Å². The van der Waals surface area contributed by atoms with Gasteiger partial charge in [0, 0.05) is 5.92 Å². The zero-order valence-electron chi connectivity index (χ0n) is 13.0. The number of hydrogen-bond acceptors (Lipinski definition) is 0. The van der Waals surface area contributed by atoms with Crippen molar-refractivity contribution in [1.82, 2.24) is 0 Å². The average Bonchev–Trinajstić information content (AvgIpc) is 2.47. The van der Waals surface area contributed by atoms with E-state index in [1.54, 1.807) is 0 Å². The van der Waals surface area contributed by atoms with Gasteiger partial charge in [0.25, 0.3) is 0 Å². The van der Waals surface area contributed by atoms with Gasteiger partial charge in [-0.15, -0.1) is 0 Å². The van der Waals surface area contributed by atoms with Crippen molar-refractivity contribution in [2.24, 2.45) is 5.41 Å². The summed E-state index contributed by atoms with van der Waals surface area (Å²) < 4.78 is 0. The summed E-state index contributed by atoms with van der Waals surface area (Å²) in [6.07, 6.45) is 0. The van der Waals surface area contributed by atoms with Crippen LogP contribution in [0.1, 0.15) is 37.8 Å². The zero-order chi connectivity index (χ0) is 14.9. The number of fused-ring (bicyclic) bond motifs is 1. The largest absolute Gasteiger partial charge is 0.0622 e. The molecule has 21 heavy (non-hydrogen) atoms. The fourth-order valence-electron chi connectivity index (χ4n) is 3.23. The molecule has 106 valence electrons. The van der Waals surface area contributed by atoms with Crippen LogP contribution < -0.4 is 0 Å². The van der Waals surface area contributed by atoms with Crippen molar-refractivity contribution in [3.05, 3.63) is 83.9 Å². The van der Waals surface area contributed by atoms with Crippen LogP contribution in [0.25, 0.3) is 10.8 Å². The minimum atomic E-state index is 0.184. The molecule has 0 spiro atoms. The Hall–Kier alpha value is -2.08. The molecule has 1 unspecified atom stereocenters. The van der Waals surface area contributed by atoms with Gasteiger partial charge in [0.1, 0.15) is 0 Å². The quantitative estimate of drug-likeness (QED) is 0.536. The van der Waals surface area contributed by atoms with Gasteiger partial charge in [0.15, 0.2) is 0 Å². The molecule has 0 aliphatic carbocycles. The Morgan fingerprint density at radius 2 is 1.24 bits per heavy atom. The third kappa shape index (κ3) is 2.85. The van der Waals surface area contributed by atoms with E-state index in [4.69, 9.17) is 0 Å². The van der Waals surface area contributed by atoms with E-state index in [0.29, 0.717) is 5.92 Å². The lowest BCUT2D eigenvalue weighted by atomic mass is 9.72. The second-order valence-electron chi connectivity index (χ2n) is 6.82. The SMILES string of the molecule is CC(C)(C)C(c1ccccc1)c1ccc2ccccc2c1. The third-order valence-corrected chi connectivity index (χ3v) is 4.11. The molecule has 3 aromatic carbocycles. The molecular weight excluding hydrogens is 252 g/mol. The molecule has 0 aliphatic rings. The Morgan fingerprint density at radius 3 is 1.90 bits per heavy atom. The summed E-state index contributed by atoms with van der Waals surface area (Å²) >= 11 is 0. The van der Waals surface area contributed by atoms with Crippen LogP contribution in [-0.4, -0.2) is 0 Å². The fraction of sp³-hybridized carbons (Fsp3) is 0.238. The van der Waals surface area contributed by atoms with Crippen molar-refractivity contribution in [3.63, 3.8) is 0 Å². The van der Waals surface area contributed by atoms with E-state index >= 15 is 0 Å². The van der Waals surface area contributed by atoms with E-state index < -0.39 is 0 Å². The molecule has 3 aromatic rings. The van der Waals surface area contributed by atoms with Crippen molar-refractivity contribution >= 4 is 10.8 Å². The Morgan fingerprint density at radius 1 is 0.619 bits per heavy atom. The highest BCUT2D eigenvalue weighted by molar-refractivity contribution is 5.83. The van der Waals surface area contributed by atoms with Gasteiger partial charge in [-0.25, -0.2) is 0 Å². The maximum atomic E-state index is 2.35. The van der Waals surface area contributed by atoms with Gasteiger partial charge in [0.2, 0.25) is 0 Å². The Bertz CT molecular complexity index is 733. The van der Waals surface area contributed by atoms with Crippen LogP contribution in [0.5, 0.6) is 0 Å². The molecule has 0 bridgehead atoms. The summed E-state index contributed by atoms with van der Waals surface area (Å²) in [6.45, 7) is 6.96. The second kappa shape index (κ2) is 5.37. The van der Waals surface area contributed by atoms with Gasteiger partial charge >= 0.3 is 0 Å². The first-order valence-electron chi connectivity index (χ1n) is 7.59. The molecule has 0 amide bonds. The summed E-state index contributed by atoms with van der Waals surface area (Å²) in [6, 6.07) is 26.3. The number of benzene rings is 3. The molecule has 0 fully saturated rings. The molecule has 0 radical (unpaired) electrons. The highest BCUT2D eigenvalue weighted by Crippen LogP contribution is 2.41. The second-order valence-corrected chi connectivity index (χ2v) is 6.82. The van der Waals surface area contributed by atoms with Gasteiger partial charge in [-0.3, -0.25) is 0 Å². The van der Waals surface area contributed by atoms with E-state index in [-0.39, 0.29) is 5.41 Å². The first-order chi connectivity index (χ1) is 10.1. The molecule has 0 aliphatic heterocycles. The zero-order valence-corrected chi connectivity index (χ0v) is 13.0. The molecule has 0 heteroatoms. The van der Waals surface area contributed by atoms with Crippen LogP contribution in [0.3, 0.4) is 0 Å². The summed E-state index contributed by atoms with van der Waals surface area (Å²) in [5.74, 6) is 0.406. The predicted molar refractivity (Wildman–Crippen MR) is 91.7 cm³/mol. The Labute approximate surface area is 127 Å². The van der Waals surface area contributed by atoms with Gasteiger partial charge < -0.3 is 0 Å². The van der Waals surface area contributed by atoms with E-state index in [2.05, 4.69) is 93.6 Å². The molecule has 0 aromatic heterocycles. The maximum absolute atomic E-state index is 2.35. The summed E-state index contributed by atoms with van der Waals surface area (Å²) in [4.78, 5) is 0. The van der Waals surface area contributed by atoms with Crippen LogP contribution >= 0.6 is 0 Å². The summed E-state index contributed by atoms with van der Waals surface area (Å²) in [7, 11) is 0. The van der Waals surface area contributed by atoms with Gasteiger partial charge in [-0.2, -0.15) is 0 Å². The topological polar surface area (TPSA) is 0 Å². The lowest BCUT2D eigenvalue weighted by Gasteiger charge is -2.32. The van der Waals surface area contributed by atoms with Gasteiger partial charge in [0.05, 0.1) is 0 Å². The first kappa shape index (κ1) is 13.9. The molecule has 0 N–H and O–H groups in total. The Kier molecular flexibility index (Phi) is 3.55. The average molecular weight is 274 g/mol. The van der Waals surface area contributed by atoms with E-state index in [9.17, 15) is 0 Å². The van der Waals surface area contributed by atoms with Crippen LogP contribution in [0.15, 0.2) is 72.8 Å². The van der Waals surface area contributed by atoms with Crippen molar-refractivity contribution in [2.45, 2.75) is 26.7 Å². The Balaban J connectivity index is 2.15. The fourth-order valence-corrected chi connectivity index (χ4v) is 3.23. The van der Waals surface area contributed by atoms with Crippen molar-refractivity contribution < 1.29 is 0 Å². The van der Waals surface area contributed by atoms with Crippen molar-refractivity contribution in [1.29, 1.82) is 0 Å². The smallest absolute Gasteiger partial charge is 0.0138 e. The lowest BCUT2D eigenvalue weighted by Crippen LogP contribution is -2.19. The van der Waals surface area contributed by atoms with Crippen LogP contribution in [0.2, 0.25) is 0 Å². The highest BCUT2D eigenvalue weighted by Gasteiger charge is 2.27. The standard InChI is InChI=1S/C21H22/c1-21(2,3)20(17-10-5-4-6-11-17)19-14-13-16-9-7-8-12-18(16)15-19/h4-15,20H,1-3H3. The summed E-state index contributed by atoms with van der Waals surface area (Å²) in [5.41, 5.74) is 2.97. The molecular formula is C21H22. The number of rotatable bonds is 2. The summed E-state index contributed by atoms with van der Waals surface area (Å²) in [5, 5.41) is 2.63. The molecule has 0 heterocycles. The van der Waals surface area contributed by atoms with Crippen LogP contribution in [-0.2, 0) is 0 Å². The molecule has 0 nitrogen and oxygen atoms in total. The molecule has 3 rings (SSSR count). The monoisotopic (exact) mass is 274 g/mol. The normalized spacial score (nSPS) is 13.3. The van der Waals surface area contributed by atoms with Gasteiger partial charge in [-0.1, -0.05) is 93.6 Å². The van der Waals surface area contributed by atoms with Crippen molar-refractivity contribution in [3.8, 4) is 0 Å². The minimum Gasteiger partial charge on any atom is -0.0622 e. The molecule has 0 saturated heterocycles. The van der Waals surface area contributed by atoms with Crippen LogP contribution in [0.4, 0.5) is 0 Å². The van der Waals surface area contributed by atoms with Crippen LogP contribution in [0, 0.1) is 5.41 Å². The molecule has 1 atom stereocenters. The molecule has 0 saturated carbocycles. The number of hydrogen-bond donors (Lipinski definition) is 0. The maximum Gasteiger partial charge on any atom is 0.0138 e.